The lowest BCUT2D eigenvalue weighted by atomic mass is 10.2. The van der Waals surface area contributed by atoms with Gasteiger partial charge >= 0.3 is 5.97 Å². The van der Waals surface area contributed by atoms with E-state index in [2.05, 4.69) is 20.9 Å². The van der Waals surface area contributed by atoms with E-state index in [0.29, 0.717) is 5.56 Å². The van der Waals surface area contributed by atoms with Gasteiger partial charge in [-0.25, -0.2) is 9.78 Å². The minimum Gasteiger partial charge on any atom is -0.478 e. The van der Waals surface area contributed by atoms with Crippen molar-refractivity contribution in [3.05, 3.63) is 52.1 Å². The summed E-state index contributed by atoms with van der Waals surface area (Å²) in [4.78, 5) is 16.0. The number of hydrogen-bond donors (Lipinski definition) is 1. The van der Waals surface area contributed by atoms with Crippen LogP contribution in [0.1, 0.15) is 15.9 Å². The van der Waals surface area contributed by atoms with Crippen molar-refractivity contribution < 1.29 is 9.90 Å². The van der Waals surface area contributed by atoms with Crippen molar-refractivity contribution in [3.8, 4) is 0 Å². The summed E-state index contributed by atoms with van der Waals surface area (Å²) in [6.45, 7) is 2.00. The zero-order valence-electron chi connectivity index (χ0n) is 9.55. The van der Waals surface area contributed by atoms with Crippen molar-refractivity contribution in [1.29, 1.82) is 0 Å². The Bertz CT molecular complexity index is 584. The van der Waals surface area contributed by atoms with Crippen LogP contribution in [-0.4, -0.2) is 16.1 Å². The number of carbonyl (C=O) groups is 1. The zero-order chi connectivity index (χ0) is 13.1. The van der Waals surface area contributed by atoms with Crippen molar-refractivity contribution in [2.75, 3.05) is 0 Å². The van der Waals surface area contributed by atoms with Crippen LogP contribution in [0.25, 0.3) is 0 Å². The molecule has 92 valence electrons. The van der Waals surface area contributed by atoms with E-state index in [1.807, 2.05) is 13.0 Å². The van der Waals surface area contributed by atoms with Gasteiger partial charge in [-0.2, -0.15) is 0 Å². The number of aromatic nitrogens is 1. The number of aromatic carboxylic acids is 1. The highest BCUT2D eigenvalue weighted by atomic mass is 79.9. The quantitative estimate of drug-likeness (QED) is 0.927. The van der Waals surface area contributed by atoms with Gasteiger partial charge in [0.25, 0.3) is 0 Å². The fourth-order valence-corrected chi connectivity index (χ4v) is 2.43. The number of rotatable bonds is 3. The summed E-state index contributed by atoms with van der Waals surface area (Å²) in [7, 11) is 0. The summed E-state index contributed by atoms with van der Waals surface area (Å²) >= 11 is 4.91. The second kappa shape index (κ2) is 5.54. The fourth-order valence-electron chi connectivity index (χ4n) is 1.36. The van der Waals surface area contributed by atoms with Crippen LogP contribution in [0.15, 0.2) is 50.9 Å². The summed E-state index contributed by atoms with van der Waals surface area (Å²) in [6, 6.07) is 8.74. The van der Waals surface area contributed by atoms with Crippen LogP contribution in [0.2, 0.25) is 0 Å². The Hall–Kier alpha value is -1.33. The predicted molar refractivity (Wildman–Crippen MR) is 74.2 cm³/mol. The number of halogens is 1. The molecule has 0 radical (unpaired) electrons. The second-order valence-corrected chi connectivity index (χ2v) is 5.65. The molecule has 0 atom stereocenters. The highest BCUT2D eigenvalue weighted by molar-refractivity contribution is 9.10. The van der Waals surface area contributed by atoms with E-state index in [0.717, 1.165) is 20.0 Å². The van der Waals surface area contributed by atoms with Crippen LogP contribution in [0.4, 0.5) is 0 Å². The number of aryl methyl sites for hydroxylation is 1. The lowest BCUT2D eigenvalue weighted by molar-refractivity contribution is 0.0697. The van der Waals surface area contributed by atoms with Crippen LogP contribution in [0.3, 0.4) is 0 Å². The number of benzene rings is 1. The molecule has 0 bridgehead atoms. The van der Waals surface area contributed by atoms with Crippen LogP contribution in [0, 0.1) is 6.92 Å². The lowest BCUT2D eigenvalue weighted by Crippen LogP contribution is -1.94. The van der Waals surface area contributed by atoms with Crippen LogP contribution < -0.4 is 0 Å². The number of nitrogens with zero attached hydrogens (tertiary/aromatic N) is 1. The zero-order valence-corrected chi connectivity index (χ0v) is 12.0. The van der Waals surface area contributed by atoms with E-state index < -0.39 is 5.97 Å². The predicted octanol–water partition coefficient (Wildman–Crippen LogP) is 4.00. The van der Waals surface area contributed by atoms with Gasteiger partial charge in [0.05, 0.1) is 5.56 Å². The summed E-state index contributed by atoms with van der Waals surface area (Å²) in [5.74, 6) is -0.913. The molecular formula is C13H10BrNO2S. The molecule has 1 heterocycles. The first-order chi connectivity index (χ1) is 8.56. The minimum atomic E-state index is -0.913. The van der Waals surface area contributed by atoms with Gasteiger partial charge in [-0.15, -0.1) is 0 Å². The molecule has 0 saturated heterocycles. The molecule has 2 rings (SSSR count). The normalized spacial score (nSPS) is 10.3. The first-order valence-electron chi connectivity index (χ1n) is 5.19. The van der Waals surface area contributed by atoms with Crippen LogP contribution in [0.5, 0.6) is 0 Å². The summed E-state index contributed by atoms with van der Waals surface area (Å²) in [5.41, 5.74) is 1.41. The van der Waals surface area contributed by atoms with Gasteiger partial charge < -0.3 is 5.11 Å². The first-order valence-corrected chi connectivity index (χ1v) is 6.80. The summed E-state index contributed by atoms with van der Waals surface area (Å²) < 4.78 is 0.980. The van der Waals surface area contributed by atoms with E-state index in [9.17, 15) is 4.79 Å². The molecule has 1 aromatic carbocycles. The van der Waals surface area contributed by atoms with E-state index in [1.165, 1.54) is 11.8 Å². The molecule has 0 spiro atoms. The topological polar surface area (TPSA) is 50.2 Å². The minimum absolute atomic E-state index is 0.291. The summed E-state index contributed by atoms with van der Waals surface area (Å²) in [6.07, 6.45) is 1.77. The lowest BCUT2D eigenvalue weighted by Gasteiger charge is -2.03. The third kappa shape index (κ3) is 3.11. The van der Waals surface area contributed by atoms with Gasteiger partial charge in [0, 0.05) is 15.6 Å². The van der Waals surface area contributed by atoms with Crippen molar-refractivity contribution in [2.24, 2.45) is 0 Å². The Kier molecular flexibility index (Phi) is 4.04. The maximum Gasteiger partial charge on any atom is 0.335 e. The first kappa shape index (κ1) is 13.1. The Morgan fingerprint density at radius 2 is 2.00 bits per heavy atom. The fraction of sp³-hybridized carbons (Fsp3) is 0.0769. The Morgan fingerprint density at radius 1 is 1.33 bits per heavy atom. The van der Waals surface area contributed by atoms with Gasteiger partial charge in [0.1, 0.15) is 5.03 Å². The average molecular weight is 324 g/mol. The third-order valence-corrected chi connectivity index (χ3v) is 4.12. The maximum atomic E-state index is 10.7. The molecule has 3 nitrogen and oxygen atoms in total. The molecule has 18 heavy (non-hydrogen) atoms. The average Bonchev–Trinajstić information content (AvgIpc) is 2.34. The molecule has 1 N–H and O–H groups in total. The molecule has 5 heteroatoms. The highest BCUT2D eigenvalue weighted by Gasteiger charge is 2.04. The van der Waals surface area contributed by atoms with E-state index >= 15 is 0 Å². The van der Waals surface area contributed by atoms with Gasteiger partial charge in [-0.05, 0) is 58.7 Å². The van der Waals surface area contributed by atoms with Crippen molar-refractivity contribution >= 4 is 33.7 Å². The molecule has 0 fully saturated rings. The Balaban J connectivity index is 2.18. The smallest absolute Gasteiger partial charge is 0.335 e. The molecule has 0 saturated carbocycles. The monoisotopic (exact) mass is 323 g/mol. The standard InChI is InChI=1S/C13H10BrNO2S/c1-8-6-12(15-7-11(8)14)18-10-4-2-9(3-5-10)13(16)17/h2-7H,1H3,(H,16,17). The third-order valence-electron chi connectivity index (χ3n) is 2.35. The van der Waals surface area contributed by atoms with Crippen LogP contribution >= 0.6 is 27.7 Å². The highest BCUT2D eigenvalue weighted by Crippen LogP contribution is 2.28. The van der Waals surface area contributed by atoms with Gasteiger partial charge in [-0.1, -0.05) is 11.8 Å². The largest absolute Gasteiger partial charge is 0.478 e. The Morgan fingerprint density at radius 3 is 2.56 bits per heavy atom. The Labute approximate surface area is 117 Å². The van der Waals surface area contributed by atoms with E-state index in [-0.39, 0.29) is 0 Å². The molecule has 1 aromatic heterocycles. The SMILES string of the molecule is Cc1cc(Sc2ccc(C(=O)O)cc2)ncc1Br. The number of carboxylic acids is 1. The molecule has 2 aromatic rings. The molecule has 0 unspecified atom stereocenters. The van der Waals surface area contributed by atoms with Crippen LogP contribution in [-0.2, 0) is 0 Å². The van der Waals surface area contributed by atoms with Gasteiger partial charge in [-0.3, -0.25) is 0 Å². The summed E-state index contributed by atoms with van der Waals surface area (Å²) in [5, 5.41) is 9.70. The van der Waals surface area contributed by atoms with Crippen molar-refractivity contribution in [2.45, 2.75) is 16.8 Å². The maximum absolute atomic E-state index is 10.7. The van der Waals surface area contributed by atoms with Crippen molar-refractivity contribution in [1.82, 2.24) is 4.98 Å². The molecule has 0 amide bonds. The molecule has 0 aliphatic heterocycles. The second-order valence-electron chi connectivity index (χ2n) is 3.70. The molecule has 0 aliphatic rings. The molecular weight excluding hydrogens is 314 g/mol. The van der Waals surface area contributed by atoms with E-state index in [4.69, 9.17) is 5.11 Å². The van der Waals surface area contributed by atoms with Gasteiger partial charge in [0.15, 0.2) is 0 Å². The number of hydrogen-bond acceptors (Lipinski definition) is 3. The number of carboxylic acid groups (broad SMARTS) is 1. The molecule has 0 aliphatic carbocycles. The number of pyridine rings is 1. The van der Waals surface area contributed by atoms with Gasteiger partial charge in [0.2, 0.25) is 0 Å². The van der Waals surface area contributed by atoms with E-state index in [1.54, 1.807) is 30.5 Å². The van der Waals surface area contributed by atoms with Crippen molar-refractivity contribution in [3.63, 3.8) is 0 Å².